The first-order chi connectivity index (χ1) is 14.7. The van der Waals surface area contributed by atoms with Gasteiger partial charge in [-0.15, -0.1) is 0 Å². The number of hydrogen-bond acceptors (Lipinski definition) is 7. The zero-order valence-electron chi connectivity index (χ0n) is 17.0. The zero-order valence-corrected chi connectivity index (χ0v) is 18.6. The smallest absolute Gasteiger partial charge is 0.294 e. The van der Waals surface area contributed by atoms with Crippen LogP contribution in [0.25, 0.3) is 0 Å². The van der Waals surface area contributed by atoms with Crippen LogP contribution in [0.3, 0.4) is 0 Å². The molecule has 0 bridgehead atoms. The van der Waals surface area contributed by atoms with Crippen molar-refractivity contribution in [1.29, 1.82) is 0 Å². The van der Waals surface area contributed by atoms with Crippen molar-refractivity contribution in [2.75, 3.05) is 18.7 Å². The van der Waals surface area contributed by atoms with E-state index in [-0.39, 0.29) is 4.90 Å². The van der Waals surface area contributed by atoms with Crippen molar-refractivity contribution < 1.29 is 22.4 Å². The van der Waals surface area contributed by atoms with Crippen LogP contribution in [-0.4, -0.2) is 36.3 Å². The van der Waals surface area contributed by atoms with Gasteiger partial charge in [0.05, 0.1) is 10.6 Å². The number of hydrogen-bond donors (Lipinski definition) is 2. The quantitative estimate of drug-likeness (QED) is 0.545. The Bertz CT molecular complexity index is 1150. The van der Waals surface area contributed by atoms with Gasteiger partial charge in [0.25, 0.3) is 10.1 Å². The van der Waals surface area contributed by atoms with E-state index in [0.29, 0.717) is 17.6 Å². The molecule has 0 aliphatic carbocycles. The summed E-state index contributed by atoms with van der Waals surface area (Å²) in [6.07, 6.45) is 2.35. The Morgan fingerprint density at radius 3 is 2.48 bits per heavy atom. The fourth-order valence-corrected chi connectivity index (χ4v) is 3.36. The lowest BCUT2D eigenvalue weighted by atomic mass is 10.1. The van der Waals surface area contributed by atoms with Crippen LogP contribution in [0, 0.1) is 13.8 Å². The molecule has 2 N–H and O–H groups in total. The third-order valence-electron chi connectivity index (χ3n) is 4.43. The van der Waals surface area contributed by atoms with Gasteiger partial charge < -0.3 is 14.8 Å². The molecular weight excluding hydrogens is 442 g/mol. The number of aryl methyl sites for hydroxylation is 2. The van der Waals surface area contributed by atoms with E-state index in [1.54, 1.807) is 12.1 Å². The lowest BCUT2D eigenvalue weighted by Crippen LogP contribution is -2.07. The molecule has 0 spiro atoms. The zero-order chi connectivity index (χ0) is 22.4. The van der Waals surface area contributed by atoms with Crippen LogP contribution in [-0.2, 0) is 16.5 Å². The molecule has 10 heteroatoms. The summed E-state index contributed by atoms with van der Waals surface area (Å²) in [5, 5.41) is 3.78. The standard InChI is InChI=1S/C14H14ClN3O2.C7H8O3S/c1-9-13(15)14(18-7-17-9)16-5-4-10-2-3-11-12(6-10)20-8-19-11;1-6-2-4-7(5-3-6)11(8,9)10/h2-3,6-7H,4-5,8H2,1H3,(H,16,17,18);2-5H,1H3,(H,8,9,10). The molecule has 2 aromatic carbocycles. The van der Waals surface area contributed by atoms with Crippen molar-refractivity contribution >= 4 is 27.5 Å². The van der Waals surface area contributed by atoms with E-state index >= 15 is 0 Å². The van der Waals surface area contributed by atoms with Crippen LogP contribution in [0.4, 0.5) is 5.82 Å². The van der Waals surface area contributed by atoms with Crippen LogP contribution in [0.2, 0.25) is 5.02 Å². The van der Waals surface area contributed by atoms with Gasteiger partial charge in [0.2, 0.25) is 6.79 Å². The molecule has 1 aromatic heterocycles. The SMILES string of the molecule is Cc1ccc(S(=O)(=O)O)cc1.Cc1ncnc(NCCc2ccc3c(c2)OCO3)c1Cl. The Kier molecular flexibility index (Phi) is 7.32. The molecule has 0 atom stereocenters. The van der Waals surface area contributed by atoms with E-state index in [9.17, 15) is 8.42 Å². The van der Waals surface area contributed by atoms with Crippen molar-refractivity contribution in [1.82, 2.24) is 9.97 Å². The Labute approximate surface area is 186 Å². The molecule has 3 aromatic rings. The van der Waals surface area contributed by atoms with E-state index in [1.807, 2.05) is 32.0 Å². The first-order valence-electron chi connectivity index (χ1n) is 9.37. The van der Waals surface area contributed by atoms with Gasteiger partial charge >= 0.3 is 0 Å². The molecule has 2 heterocycles. The average Bonchev–Trinajstić information content (AvgIpc) is 3.19. The maximum atomic E-state index is 10.5. The first-order valence-corrected chi connectivity index (χ1v) is 11.2. The van der Waals surface area contributed by atoms with Gasteiger partial charge in [0, 0.05) is 6.54 Å². The summed E-state index contributed by atoms with van der Waals surface area (Å²) in [5.41, 5.74) is 2.90. The molecule has 4 rings (SSSR count). The van der Waals surface area contributed by atoms with Crippen LogP contribution < -0.4 is 14.8 Å². The number of anilines is 1. The number of nitrogens with one attached hydrogen (secondary N) is 1. The predicted molar refractivity (Wildman–Crippen MR) is 118 cm³/mol. The molecular formula is C21H22ClN3O5S. The molecule has 0 unspecified atom stereocenters. The second-order valence-electron chi connectivity index (χ2n) is 6.77. The maximum absolute atomic E-state index is 10.5. The van der Waals surface area contributed by atoms with Gasteiger partial charge in [-0.05, 0) is 50.1 Å². The highest BCUT2D eigenvalue weighted by atomic mass is 35.5. The highest BCUT2D eigenvalue weighted by Gasteiger charge is 2.13. The van der Waals surface area contributed by atoms with Gasteiger partial charge in [-0.2, -0.15) is 8.42 Å². The van der Waals surface area contributed by atoms with E-state index in [4.69, 9.17) is 25.6 Å². The average molecular weight is 464 g/mol. The number of nitrogens with zero attached hydrogens (tertiary/aromatic N) is 2. The molecule has 164 valence electrons. The number of benzene rings is 2. The molecule has 8 nitrogen and oxygen atoms in total. The number of aromatic nitrogens is 2. The van der Waals surface area contributed by atoms with Crippen LogP contribution in [0.1, 0.15) is 16.8 Å². The molecule has 1 aliphatic rings. The molecule has 0 radical (unpaired) electrons. The molecule has 0 saturated carbocycles. The van der Waals surface area contributed by atoms with Gasteiger partial charge in [0.15, 0.2) is 11.5 Å². The minimum absolute atomic E-state index is 0.0666. The number of rotatable bonds is 5. The van der Waals surface area contributed by atoms with E-state index in [0.717, 1.165) is 35.7 Å². The lowest BCUT2D eigenvalue weighted by molar-refractivity contribution is 0.174. The number of fused-ring (bicyclic) bond motifs is 1. The summed E-state index contributed by atoms with van der Waals surface area (Å²) in [4.78, 5) is 8.09. The monoisotopic (exact) mass is 463 g/mol. The van der Waals surface area contributed by atoms with Gasteiger partial charge in [-0.25, -0.2) is 9.97 Å². The fourth-order valence-electron chi connectivity index (χ4n) is 2.71. The fraction of sp³-hybridized carbons (Fsp3) is 0.238. The summed E-state index contributed by atoms with van der Waals surface area (Å²) < 4.78 is 40.2. The summed E-state index contributed by atoms with van der Waals surface area (Å²) in [7, 11) is -4.02. The molecule has 31 heavy (non-hydrogen) atoms. The normalized spacial score (nSPS) is 12.1. The lowest BCUT2D eigenvalue weighted by Gasteiger charge is -2.08. The Hall–Kier alpha value is -2.88. The highest BCUT2D eigenvalue weighted by Crippen LogP contribution is 2.32. The maximum Gasteiger partial charge on any atom is 0.294 e. The Balaban J connectivity index is 0.000000210. The summed E-state index contributed by atoms with van der Waals surface area (Å²) in [6.45, 7) is 4.73. The van der Waals surface area contributed by atoms with Crippen molar-refractivity contribution in [3.63, 3.8) is 0 Å². The minimum atomic E-state index is -4.02. The van der Waals surface area contributed by atoms with Crippen molar-refractivity contribution in [2.45, 2.75) is 25.2 Å². The van der Waals surface area contributed by atoms with Crippen LogP contribution in [0.15, 0.2) is 53.7 Å². The highest BCUT2D eigenvalue weighted by molar-refractivity contribution is 7.85. The van der Waals surface area contributed by atoms with Crippen LogP contribution in [0.5, 0.6) is 11.5 Å². The van der Waals surface area contributed by atoms with E-state index in [2.05, 4.69) is 15.3 Å². The minimum Gasteiger partial charge on any atom is -0.454 e. The second-order valence-corrected chi connectivity index (χ2v) is 8.57. The topological polar surface area (TPSA) is 111 Å². The van der Waals surface area contributed by atoms with E-state index < -0.39 is 10.1 Å². The third-order valence-corrected chi connectivity index (χ3v) is 5.75. The number of halogens is 1. The summed E-state index contributed by atoms with van der Waals surface area (Å²) in [6, 6.07) is 11.9. The first kappa shape index (κ1) is 22.8. The summed E-state index contributed by atoms with van der Waals surface area (Å²) >= 11 is 6.13. The van der Waals surface area contributed by atoms with Gasteiger partial charge in [-0.3, -0.25) is 4.55 Å². The number of ether oxygens (including phenoxy) is 2. The van der Waals surface area contributed by atoms with Crippen molar-refractivity contribution in [2.24, 2.45) is 0 Å². The van der Waals surface area contributed by atoms with Crippen LogP contribution >= 0.6 is 11.6 Å². The predicted octanol–water partition coefficient (Wildman–Crippen LogP) is 4.06. The molecule has 0 saturated heterocycles. The second kappa shape index (κ2) is 9.95. The van der Waals surface area contributed by atoms with Gasteiger partial charge in [0.1, 0.15) is 17.2 Å². The Morgan fingerprint density at radius 1 is 1.06 bits per heavy atom. The Morgan fingerprint density at radius 2 is 1.77 bits per heavy atom. The molecule has 0 fully saturated rings. The third kappa shape index (κ3) is 6.30. The van der Waals surface area contributed by atoms with E-state index in [1.165, 1.54) is 24.0 Å². The summed E-state index contributed by atoms with van der Waals surface area (Å²) in [5.74, 6) is 2.27. The molecule has 1 aliphatic heterocycles. The van der Waals surface area contributed by atoms with Crippen molar-refractivity contribution in [3.05, 3.63) is 70.6 Å². The van der Waals surface area contributed by atoms with Crippen molar-refractivity contribution in [3.8, 4) is 11.5 Å². The van der Waals surface area contributed by atoms with Gasteiger partial charge in [-0.1, -0.05) is 35.4 Å². The largest absolute Gasteiger partial charge is 0.454 e. The molecule has 0 amide bonds.